The van der Waals surface area contributed by atoms with E-state index in [4.69, 9.17) is 4.98 Å². The maximum atomic E-state index is 5.43. The number of pyridine rings is 1. The van der Waals surface area contributed by atoms with Gasteiger partial charge in [0.1, 0.15) is 0 Å². The number of benzene rings is 9. The lowest BCUT2D eigenvalue weighted by Gasteiger charge is -2.16. The van der Waals surface area contributed by atoms with Crippen molar-refractivity contribution in [3.63, 3.8) is 0 Å². The van der Waals surface area contributed by atoms with Crippen LogP contribution >= 0.6 is 0 Å². The van der Waals surface area contributed by atoms with Crippen molar-refractivity contribution in [1.29, 1.82) is 0 Å². The first-order valence-corrected chi connectivity index (χ1v) is 20.5. The molecule has 0 unspecified atom stereocenters. The quantitative estimate of drug-likeness (QED) is 0.165. The van der Waals surface area contributed by atoms with Crippen LogP contribution in [0.15, 0.2) is 224 Å². The summed E-state index contributed by atoms with van der Waals surface area (Å²) in [5, 5.41) is 7.35. The van der Waals surface area contributed by atoms with E-state index in [0.717, 1.165) is 50.4 Å². The molecule has 0 atom stereocenters. The lowest BCUT2D eigenvalue weighted by Crippen LogP contribution is -1.98. The van der Waals surface area contributed by atoms with Gasteiger partial charge in [0.25, 0.3) is 0 Å². The van der Waals surface area contributed by atoms with Crippen molar-refractivity contribution < 1.29 is 0 Å². The van der Waals surface area contributed by atoms with Gasteiger partial charge >= 0.3 is 0 Å². The molecule has 0 aliphatic rings. The highest BCUT2D eigenvalue weighted by molar-refractivity contribution is 6.29. The molecule has 0 radical (unpaired) electrons. The Balaban J connectivity index is 1.13. The molecule has 12 aromatic rings. The molecule has 280 valence electrons. The summed E-state index contributed by atoms with van der Waals surface area (Å²) in [4.78, 5) is 5.43. The van der Waals surface area contributed by atoms with Crippen LogP contribution in [0.25, 0.3) is 111 Å². The van der Waals surface area contributed by atoms with Gasteiger partial charge in [0.15, 0.2) is 0 Å². The molecule has 0 fully saturated rings. The molecule has 3 heteroatoms. The smallest absolute Gasteiger partial charge is 0.0716 e. The number of aromatic nitrogens is 3. The monoisotopic (exact) mass is 763 g/mol. The molecule has 0 N–H and O–H groups in total. The van der Waals surface area contributed by atoms with E-state index in [1.807, 2.05) is 0 Å². The maximum Gasteiger partial charge on any atom is 0.0716 e. The Morgan fingerprint density at radius 2 is 0.783 bits per heavy atom. The molecule has 0 saturated heterocycles. The van der Waals surface area contributed by atoms with Gasteiger partial charge in [0, 0.05) is 43.7 Å². The standard InChI is InChI=1S/C57H37N3/c1-4-17-38(18-5-1)40-22-16-23-41(33-40)43-35-49(39-19-6-2-7-20-39)58-50(36-43)44-34-42-21-10-11-26-46(42)55(37-44)60-52-30-15-13-28-48(52)57-54(60)32-31-53-56(57)47-27-12-14-29-51(47)59(53)45-24-8-3-9-25-45/h1-37H. The zero-order valence-electron chi connectivity index (χ0n) is 32.7. The Morgan fingerprint density at radius 1 is 0.283 bits per heavy atom. The van der Waals surface area contributed by atoms with Crippen LogP contribution < -0.4 is 0 Å². The fourth-order valence-corrected chi connectivity index (χ4v) is 9.37. The van der Waals surface area contributed by atoms with E-state index in [1.165, 1.54) is 60.1 Å². The lowest BCUT2D eigenvalue weighted by atomic mass is 9.96. The Morgan fingerprint density at radius 3 is 1.47 bits per heavy atom. The van der Waals surface area contributed by atoms with Gasteiger partial charge in [-0.2, -0.15) is 0 Å². The molecule has 3 aromatic heterocycles. The third-order valence-electron chi connectivity index (χ3n) is 12.1. The Hall–Kier alpha value is -8.01. The zero-order chi connectivity index (χ0) is 39.6. The second-order valence-corrected chi connectivity index (χ2v) is 15.6. The topological polar surface area (TPSA) is 22.8 Å². The van der Waals surface area contributed by atoms with Crippen LogP contribution in [-0.2, 0) is 0 Å². The van der Waals surface area contributed by atoms with Crippen molar-refractivity contribution in [2.75, 3.05) is 0 Å². The Labute approximate surface area is 347 Å². The Kier molecular flexibility index (Phi) is 7.85. The van der Waals surface area contributed by atoms with Gasteiger partial charge in [-0.3, -0.25) is 0 Å². The molecular weight excluding hydrogens is 727 g/mol. The molecule has 9 aromatic carbocycles. The summed E-state index contributed by atoms with van der Waals surface area (Å²) in [6, 6.07) is 81.0. The third kappa shape index (κ3) is 5.48. The highest BCUT2D eigenvalue weighted by Crippen LogP contribution is 2.44. The van der Waals surface area contributed by atoms with Crippen molar-refractivity contribution in [2.24, 2.45) is 0 Å². The van der Waals surface area contributed by atoms with Crippen LogP contribution in [-0.4, -0.2) is 14.1 Å². The van der Waals surface area contributed by atoms with E-state index < -0.39 is 0 Å². The first-order valence-electron chi connectivity index (χ1n) is 20.5. The van der Waals surface area contributed by atoms with Crippen LogP contribution in [0.5, 0.6) is 0 Å². The molecule has 60 heavy (non-hydrogen) atoms. The van der Waals surface area contributed by atoms with Gasteiger partial charge in [-0.1, -0.05) is 158 Å². The predicted molar refractivity (Wildman–Crippen MR) is 252 cm³/mol. The van der Waals surface area contributed by atoms with Gasteiger partial charge in [0.05, 0.1) is 39.1 Å². The van der Waals surface area contributed by atoms with Gasteiger partial charge in [-0.25, -0.2) is 4.98 Å². The average molecular weight is 764 g/mol. The van der Waals surface area contributed by atoms with E-state index in [1.54, 1.807) is 0 Å². The number of fused-ring (bicyclic) bond motifs is 8. The SMILES string of the molecule is c1ccc(-c2cccc(-c3cc(-c4ccccc4)nc(-c4cc(-n5c6ccccc6c6c7c8ccccc8n(-c8ccccc8)c7ccc65)c5ccccc5c4)c3)c2)cc1. The number of hydrogen-bond acceptors (Lipinski definition) is 1. The fraction of sp³-hybridized carbons (Fsp3) is 0. The third-order valence-corrected chi connectivity index (χ3v) is 12.1. The maximum absolute atomic E-state index is 5.43. The molecular formula is C57H37N3. The second kappa shape index (κ2) is 13.8. The van der Waals surface area contributed by atoms with Crippen molar-refractivity contribution in [2.45, 2.75) is 0 Å². The van der Waals surface area contributed by atoms with Crippen LogP contribution in [0.3, 0.4) is 0 Å². The van der Waals surface area contributed by atoms with Gasteiger partial charge < -0.3 is 9.13 Å². The summed E-state index contributed by atoms with van der Waals surface area (Å²) in [5.74, 6) is 0. The van der Waals surface area contributed by atoms with Crippen molar-refractivity contribution in [3.8, 4) is 56.1 Å². The summed E-state index contributed by atoms with van der Waals surface area (Å²) < 4.78 is 4.89. The molecule has 0 aliphatic heterocycles. The summed E-state index contributed by atoms with van der Waals surface area (Å²) in [7, 11) is 0. The summed E-state index contributed by atoms with van der Waals surface area (Å²) >= 11 is 0. The minimum Gasteiger partial charge on any atom is -0.309 e. The minimum atomic E-state index is 0.928. The van der Waals surface area contributed by atoms with E-state index in [9.17, 15) is 0 Å². The lowest BCUT2D eigenvalue weighted by molar-refractivity contribution is 1.18. The zero-order valence-corrected chi connectivity index (χ0v) is 32.7. The Bertz CT molecular complexity index is 3580. The average Bonchev–Trinajstić information content (AvgIpc) is 3.85. The van der Waals surface area contributed by atoms with Crippen molar-refractivity contribution in [3.05, 3.63) is 224 Å². The molecule has 0 saturated carbocycles. The molecule has 0 aliphatic carbocycles. The summed E-state index contributed by atoms with van der Waals surface area (Å²) in [5.41, 5.74) is 15.7. The highest BCUT2D eigenvalue weighted by atomic mass is 15.0. The summed E-state index contributed by atoms with van der Waals surface area (Å²) in [6.07, 6.45) is 0. The largest absolute Gasteiger partial charge is 0.309 e. The number of rotatable bonds is 6. The minimum absolute atomic E-state index is 0.928. The van der Waals surface area contributed by atoms with Gasteiger partial charge in [-0.15, -0.1) is 0 Å². The molecule has 0 amide bonds. The van der Waals surface area contributed by atoms with E-state index >= 15 is 0 Å². The van der Waals surface area contributed by atoms with Gasteiger partial charge in [0.2, 0.25) is 0 Å². The van der Waals surface area contributed by atoms with Crippen LogP contribution in [0.4, 0.5) is 0 Å². The molecule has 0 bridgehead atoms. The molecule has 3 nitrogen and oxygen atoms in total. The fourth-order valence-electron chi connectivity index (χ4n) is 9.37. The molecule has 0 spiro atoms. The molecule has 3 heterocycles. The highest BCUT2D eigenvalue weighted by Gasteiger charge is 2.22. The number of nitrogens with zero attached hydrogens (tertiary/aromatic N) is 3. The van der Waals surface area contributed by atoms with E-state index in [0.29, 0.717) is 0 Å². The second-order valence-electron chi connectivity index (χ2n) is 15.6. The first kappa shape index (κ1) is 34.1. The predicted octanol–water partition coefficient (Wildman–Crippen LogP) is 15.1. The van der Waals surface area contributed by atoms with Crippen LogP contribution in [0.2, 0.25) is 0 Å². The number of hydrogen-bond donors (Lipinski definition) is 0. The van der Waals surface area contributed by atoms with E-state index in [-0.39, 0.29) is 0 Å². The van der Waals surface area contributed by atoms with Crippen LogP contribution in [0, 0.1) is 0 Å². The molecule has 12 rings (SSSR count). The van der Waals surface area contributed by atoms with Crippen molar-refractivity contribution in [1.82, 2.24) is 14.1 Å². The van der Waals surface area contributed by atoms with Crippen LogP contribution in [0.1, 0.15) is 0 Å². The first-order chi connectivity index (χ1) is 29.8. The van der Waals surface area contributed by atoms with Crippen molar-refractivity contribution >= 4 is 54.4 Å². The number of para-hydroxylation sites is 3. The summed E-state index contributed by atoms with van der Waals surface area (Å²) in [6.45, 7) is 0. The normalized spacial score (nSPS) is 11.7. The van der Waals surface area contributed by atoms with E-state index in [2.05, 4.69) is 234 Å². The van der Waals surface area contributed by atoms with Gasteiger partial charge in [-0.05, 0) is 94.4 Å².